The highest BCUT2D eigenvalue weighted by Gasteiger charge is 2.19. The van der Waals surface area contributed by atoms with Crippen molar-refractivity contribution < 1.29 is 0 Å². The third-order valence-electron chi connectivity index (χ3n) is 4.29. The van der Waals surface area contributed by atoms with E-state index in [1.165, 1.54) is 64.3 Å². The molecular weight excluding hydrogens is 206 g/mol. The summed E-state index contributed by atoms with van der Waals surface area (Å²) in [5.41, 5.74) is 0. The van der Waals surface area contributed by atoms with E-state index in [0.29, 0.717) is 0 Å². The lowest BCUT2D eigenvalue weighted by atomic mass is 9.79. The van der Waals surface area contributed by atoms with Crippen molar-refractivity contribution in [3.63, 3.8) is 0 Å². The third-order valence-corrected chi connectivity index (χ3v) is 4.29. The molecule has 1 heteroatoms. The predicted octanol–water partition coefficient (Wildman–Crippen LogP) is 4.76. The van der Waals surface area contributed by atoms with Gasteiger partial charge in [-0.25, -0.2) is 0 Å². The van der Waals surface area contributed by atoms with Gasteiger partial charge in [-0.2, -0.15) is 0 Å². The molecule has 1 nitrogen and oxygen atoms in total. The highest BCUT2D eigenvalue weighted by molar-refractivity contribution is 4.74. The van der Waals surface area contributed by atoms with Crippen LogP contribution in [0.25, 0.3) is 0 Å². The van der Waals surface area contributed by atoms with Crippen molar-refractivity contribution in [2.75, 3.05) is 6.54 Å². The topological polar surface area (TPSA) is 12.0 Å². The van der Waals surface area contributed by atoms with Crippen LogP contribution in [0, 0.1) is 11.8 Å². The fourth-order valence-electron chi connectivity index (χ4n) is 3.30. The van der Waals surface area contributed by atoms with Crippen molar-refractivity contribution in [3.8, 4) is 0 Å². The van der Waals surface area contributed by atoms with Crippen LogP contribution < -0.4 is 5.32 Å². The van der Waals surface area contributed by atoms with E-state index in [-0.39, 0.29) is 0 Å². The molecule has 0 amide bonds. The van der Waals surface area contributed by atoms with E-state index < -0.39 is 0 Å². The fourth-order valence-corrected chi connectivity index (χ4v) is 3.30. The van der Waals surface area contributed by atoms with Crippen molar-refractivity contribution in [1.29, 1.82) is 0 Å². The van der Waals surface area contributed by atoms with Crippen LogP contribution in [0.3, 0.4) is 0 Å². The van der Waals surface area contributed by atoms with E-state index in [0.717, 1.165) is 17.9 Å². The van der Waals surface area contributed by atoms with E-state index in [9.17, 15) is 0 Å². The Labute approximate surface area is 109 Å². The summed E-state index contributed by atoms with van der Waals surface area (Å²) in [7, 11) is 0. The highest BCUT2D eigenvalue weighted by Crippen LogP contribution is 2.31. The van der Waals surface area contributed by atoms with E-state index in [1.54, 1.807) is 0 Å². The van der Waals surface area contributed by atoms with Gasteiger partial charge < -0.3 is 5.32 Å². The molecule has 0 aromatic rings. The van der Waals surface area contributed by atoms with Gasteiger partial charge in [-0.1, -0.05) is 46.5 Å². The molecule has 1 saturated carbocycles. The zero-order chi connectivity index (χ0) is 12.5. The first-order valence-corrected chi connectivity index (χ1v) is 7.99. The summed E-state index contributed by atoms with van der Waals surface area (Å²) in [5.74, 6) is 2.02. The minimum Gasteiger partial charge on any atom is -0.314 e. The van der Waals surface area contributed by atoms with Gasteiger partial charge in [0.15, 0.2) is 0 Å². The Morgan fingerprint density at radius 2 is 1.94 bits per heavy atom. The molecule has 0 aromatic heterocycles. The second kappa shape index (κ2) is 8.97. The molecule has 0 aliphatic heterocycles. The van der Waals surface area contributed by atoms with Gasteiger partial charge in [-0.05, 0) is 50.5 Å². The number of rotatable bonds is 8. The van der Waals surface area contributed by atoms with Crippen LogP contribution in [-0.2, 0) is 0 Å². The lowest BCUT2D eigenvalue weighted by Crippen LogP contribution is -2.30. The van der Waals surface area contributed by atoms with Gasteiger partial charge in [0, 0.05) is 6.04 Å². The molecule has 3 atom stereocenters. The van der Waals surface area contributed by atoms with Crippen molar-refractivity contribution in [2.45, 2.75) is 84.6 Å². The van der Waals surface area contributed by atoms with Gasteiger partial charge in [0.1, 0.15) is 0 Å². The zero-order valence-corrected chi connectivity index (χ0v) is 12.3. The van der Waals surface area contributed by atoms with Crippen LogP contribution >= 0.6 is 0 Å². The summed E-state index contributed by atoms with van der Waals surface area (Å²) >= 11 is 0. The van der Waals surface area contributed by atoms with Crippen LogP contribution in [0.4, 0.5) is 0 Å². The number of nitrogens with one attached hydrogen (secondary N) is 1. The Bertz CT molecular complexity index is 178. The quantitative estimate of drug-likeness (QED) is 0.644. The zero-order valence-electron chi connectivity index (χ0n) is 12.3. The van der Waals surface area contributed by atoms with Crippen molar-refractivity contribution in [3.05, 3.63) is 0 Å². The smallest absolute Gasteiger partial charge is 0.00670 e. The Hall–Kier alpha value is -0.0400. The summed E-state index contributed by atoms with van der Waals surface area (Å²) in [6, 6.07) is 0.789. The molecule has 102 valence electrons. The lowest BCUT2D eigenvalue weighted by Gasteiger charge is -2.28. The van der Waals surface area contributed by atoms with Gasteiger partial charge in [0.05, 0.1) is 0 Å². The molecule has 0 bridgehead atoms. The second-order valence-corrected chi connectivity index (χ2v) is 6.15. The second-order valence-electron chi connectivity index (χ2n) is 6.15. The van der Waals surface area contributed by atoms with Gasteiger partial charge >= 0.3 is 0 Å². The first-order chi connectivity index (χ1) is 8.26. The minimum absolute atomic E-state index is 0.789. The molecule has 0 heterocycles. The summed E-state index contributed by atoms with van der Waals surface area (Å²) < 4.78 is 0. The molecule has 1 aliphatic rings. The molecule has 1 rings (SSSR count). The first kappa shape index (κ1) is 15.0. The predicted molar refractivity (Wildman–Crippen MR) is 77.3 cm³/mol. The van der Waals surface area contributed by atoms with E-state index in [4.69, 9.17) is 0 Å². The van der Waals surface area contributed by atoms with Crippen LogP contribution in [-0.4, -0.2) is 12.6 Å². The van der Waals surface area contributed by atoms with Crippen molar-refractivity contribution in [1.82, 2.24) is 5.32 Å². The molecule has 0 radical (unpaired) electrons. The lowest BCUT2D eigenvalue weighted by molar-refractivity contribution is 0.254. The molecule has 0 spiro atoms. The standard InChI is InChI=1S/C16H33N/c1-4-7-16(17-12-5-2)11-10-15-9-6-8-14(3)13-15/h14-17H,4-13H2,1-3H3. The monoisotopic (exact) mass is 239 g/mol. The molecule has 1 fully saturated rings. The minimum atomic E-state index is 0.789. The van der Waals surface area contributed by atoms with Gasteiger partial charge in [-0.3, -0.25) is 0 Å². The summed E-state index contributed by atoms with van der Waals surface area (Å²) in [4.78, 5) is 0. The first-order valence-electron chi connectivity index (χ1n) is 7.99. The third kappa shape index (κ3) is 6.45. The van der Waals surface area contributed by atoms with Gasteiger partial charge in [-0.15, -0.1) is 0 Å². The number of hydrogen-bond donors (Lipinski definition) is 1. The number of hydrogen-bond acceptors (Lipinski definition) is 1. The molecular formula is C16H33N. The SMILES string of the molecule is CCCNC(CCC)CCC1CCCC(C)C1. The molecule has 0 aromatic carbocycles. The molecule has 3 unspecified atom stereocenters. The maximum Gasteiger partial charge on any atom is 0.00670 e. The Morgan fingerprint density at radius 3 is 2.59 bits per heavy atom. The molecule has 0 saturated heterocycles. The fraction of sp³-hybridized carbons (Fsp3) is 1.00. The Morgan fingerprint density at radius 1 is 1.12 bits per heavy atom. The summed E-state index contributed by atoms with van der Waals surface area (Å²) in [6.45, 7) is 8.21. The molecule has 17 heavy (non-hydrogen) atoms. The van der Waals surface area contributed by atoms with Crippen LogP contribution in [0.5, 0.6) is 0 Å². The maximum atomic E-state index is 3.72. The molecule has 1 N–H and O–H groups in total. The summed E-state index contributed by atoms with van der Waals surface area (Å²) in [6.07, 6.45) is 12.8. The Balaban J connectivity index is 2.19. The average molecular weight is 239 g/mol. The largest absolute Gasteiger partial charge is 0.314 e. The van der Waals surface area contributed by atoms with Crippen molar-refractivity contribution in [2.24, 2.45) is 11.8 Å². The van der Waals surface area contributed by atoms with E-state index >= 15 is 0 Å². The van der Waals surface area contributed by atoms with Gasteiger partial charge in [0.25, 0.3) is 0 Å². The maximum absolute atomic E-state index is 3.72. The average Bonchev–Trinajstić information content (AvgIpc) is 2.33. The van der Waals surface area contributed by atoms with E-state index in [2.05, 4.69) is 26.1 Å². The van der Waals surface area contributed by atoms with E-state index in [1.807, 2.05) is 0 Å². The van der Waals surface area contributed by atoms with Crippen LogP contribution in [0.2, 0.25) is 0 Å². The highest BCUT2D eigenvalue weighted by atomic mass is 14.9. The molecule has 1 aliphatic carbocycles. The normalized spacial score (nSPS) is 27.0. The summed E-state index contributed by atoms with van der Waals surface area (Å²) in [5, 5.41) is 3.72. The van der Waals surface area contributed by atoms with Crippen LogP contribution in [0.1, 0.15) is 78.6 Å². The van der Waals surface area contributed by atoms with Crippen molar-refractivity contribution >= 4 is 0 Å². The van der Waals surface area contributed by atoms with Gasteiger partial charge in [0.2, 0.25) is 0 Å². The Kier molecular flexibility index (Phi) is 7.92. The van der Waals surface area contributed by atoms with Crippen LogP contribution in [0.15, 0.2) is 0 Å².